The number of likely N-dealkylation sites (N-methyl/N-ethyl adjacent to an activating group) is 1. The van der Waals surface area contributed by atoms with E-state index in [0.29, 0.717) is 23.2 Å². The number of aromatic amines is 1. The Morgan fingerprint density at radius 3 is 2.44 bits per heavy atom. The third-order valence-corrected chi connectivity index (χ3v) is 7.06. The van der Waals surface area contributed by atoms with Crippen LogP contribution < -0.4 is 0 Å². The van der Waals surface area contributed by atoms with Crippen LogP contribution in [0.1, 0.15) is 50.7 Å². The molecule has 2 aromatic carbocycles. The van der Waals surface area contributed by atoms with Gasteiger partial charge in [0.25, 0.3) is 0 Å². The van der Waals surface area contributed by atoms with Crippen molar-refractivity contribution in [2.75, 3.05) is 14.1 Å². The number of halogens is 1. The zero-order valence-corrected chi connectivity index (χ0v) is 23.9. The summed E-state index contributed by atoms with van der Waals surface area (Å²) < 4.78 is 7.86. The Bertz CT molecular complexity index is 1360. The molecule has 9 nitrogen and oxygen atoms in total. The number of hydrogen-bond donors (Lipinski definition) is 1. The number of carbonyl (C=O) groups excluding carboxylic acids is 1. The van der Waals surface area contributed by atoms with Crippen LogP contribution in [0.4, 0.5) is 0 Å². The van der Waals surface area contributed by atoms with Crippen molar-refractivity contribution in [3.05, 3.63) is 70.8 Å². The van der Waals surface area contributed by atoms with Crippen LogP contribution in [0.5, 0.6) is 0 Å². The van der Waals surface area contributed by atoms with Gasteiger partial charge in [0.2, 0.25) is 5.82 Å². The summed E-state index contributed by atoms with van der Waals surface area (Å²) in [7, 11) is 3.77. The summed E-state index contributed by atoms with van der Waals surface area (Å²) in [5.41, 5.74) is 4.77. The molecule has 4 rings (SSSR count). The first kappa shape index (κ1) is 28.4. The number of tetrazole rings is 1. The largest absolute Gasteiger partial charge is 0.458 e. The molecule has 1 N–H and O–H groups in total. The van der Waals surface area contributed by atoms with Crippen LogP contribution in [0.2, 0.25) is 5.15 Å². The molecule has 1 unspecified atom stereocenters. The molecule has 206 valence electrons. The SMILES string of the molecule is CCCCc1nc(Cl)c(COC(=O)C(C(C)C)N(C)C)n1Cc1ccc(-c2ccccc2-c2nn[nH]n2)cc1. The fraction of sp³-hybridized carbons (Fsp3) is 0.414. The average Bonchev–Trinajstić information content (AvgIpc) is 3.55. The van der Waals surface area contributed by atoms with Gasteiger partial charge in [-0.25, -0.2) is 4.98 Å². The number of rotatable bonds is 12. The van der Waals surface area contributed by atoms with Gasteiger partial charge in [-0.15, -0.1) is 10.2 Å². The van der Waals surface area contributed by atoms with E-state index in [4.69, 9.17) is 16.3 Å². The molecule has 1 atom stereocenters. The van der Waals surface area contributed by atoms with Crippen molar-refractivity contribution in [1.82, 2.24) is 35.1 Å². The van der Waals surface area contributed by atoms with Crippen molar-refractivity contribution < 1.29 is 9.53 Å². The van der Waals surface area contributed by atoms with Gasteiger partial charge in [-0.1, -0.05) is 87.3 Å². The minimum absolute atomic E-state index is 0.0734. The molecule has 2 aromatic heterocycles. The fourth-order valence-corrected chi connectivity index (χ4v) is 5.09. The van der Waals surface area contributed by atoms with E-state index in [0.717, 1.165) is 47.3 Å². The Morgan fingerprint density at radius 2 is 1.82 bits per heavy atom. The summed E-state index contributed by atoms with van der Waals surface area (Å²) in [6.07, 6.45) is 2.84. The van der Waals surface area contributed by atoms with E-state index < -0.39 is 0 Å². The Kier molecular flexibility index (Phi) is 9.48. The number of aromatic nitrogens is 6. The summed E-state index contributed by atoms with van der Waals surface area (Å²) in [5, 5.41) is 14.9. The molecule has 0 aliphatic rings. The van der Waals surface area contributed by atoms with Gasteiger partial charge >= 0.3 is 5.97 Å². The molecule has 0 amide bonds. The lowest BCUT2D eigenvalue weighted by Crippen LogP contribution is -2.41. The molecular weight excluding hydrogens is 514 g/mol. The lowest BCUT2D eigenvalue weighted by Gasteiger charge is -2.25. The number of H-pyrrole nitrogens is 1. The molecule has 10 heteroatoms. The van der Waals surface area contributed by atoms with Crippen LogP contribution in [-0.2, 0) is 29.1 Å². The van der Waals surface area contributed by atoms with Crippen LogP contribution in [0.25, 0.3) is 22.5 Å². The minimum atomic E-state index is -0.331. The smallest absolute Gasteiger partial charge is 0.323 e. The molecule has 0 aliphatic carbocycles. The first-order chi connectivity index (χ1) is 18.8. The number of ether oxygens (including phenoxy) is 1. The molecule has 2 heterocycles. The molecule has 0 aliphatic heterocycles. The van der Waals surface area contributed by atoms with Crippen molar-refractivity contribution in [3.63, 3.8) is 0 Å². The third-order valence-electron chi connectivity index (χ3n) is 6.76. The number of unbranched alkanes of at least 4 members (excludes halogenated alkanes) is 1. The number of nitrogens with zero attached hydrogens (tertiary/aromatic N) is 6. The summed E-state index contributed by atoms with van der Waals surface area (Å²) >= 11 is 6.60. The van der Waals surface area contributed by atoms with Gasteiger partial charge in [0, 0.05) is 18.5 Å². The summed E-state index contributed by atoms with van der Waals surface area (Å²) in [6, 6.07) is 16.0. The molecule has 0 radical (unpaired) electrons. The monoisotopic (exact) mass is 549 g/mol. The standard InChI is InChI=1S/C29H36ClN7O2/c1-6-7-12-25-31-27(30)24(18-39-29(38)26(19(2)3)36(4)5)37(25)17-20-13-15-21(16-14-20)22-10-8-9-11-23(22)28-32-34-35-33-28/h8-11,13-16,19,26H,6-7,12,17-18H2,1-5H3,(H,32,33,34,35). The zero-order chi connectivity index (χ0) is 27.9. The number of imidazole rings is 1. The zero-order valence-electron chi connectivity index (χ0n) is 23.2. The highest BCUT2D eigenvalue weighted by molar-refractivity contribution is 6.30. The van der Waals surface area contributed by atoms with E-state index in [-0.39, 0.29) is 24.5 Å². The first-order valence-corrected chi connectivity index (χ1v) is 13.7. The highest BCUT2D eigenvalue weighted by Crippen LogP contribution is 2.30. The number of benzene rings is 2. The maximum atomic E-state index is 12.9. The van der Waals surface area contributed by atoms with Crippen LogP contribution in [0.15, 0.2) is 48.5 Å². The molecule has 0 fully saturated rings. The van der Waals surface area contributed by atoms with Crippen molar-refractivity contribution in [2.45, 2.75) is 59.2 Å². The number of hydrogen-bond acceptors (Lipinski definition) is 7. The third kappa shape index (κ3) is 6.72. The van der Waals surface area contributed by atoms with Crippen molar-refractivity contribution in [3.8, 4) is 22.5 Å². The highest BCUT2D eigenvalue weighted by atomic mass is 35.5. The quantitative estimate of drug-likeness (QED) is 0.236. The predicted octanol–water partition coefficient (Wildman–Crippen LogP) is 5.40. The van der Waals surface area contributed by atoms with Crippen molar-refractivity contribution >= 4 is 17.6 Å². The van der Waals surface area contributed by atoms with E-state index >= 15 is 0 Å². The van der Waals surface area contributed by atoms with Crippen molar-refractivity contribution in [1.29, 1.82) is 0 Å². The number of nitrogens with one attached hydrogen (secondary N) is 1. The van der Waals surface area contributed by atoms with Gasteiger partial charge in [0.05, 0.1) is 5.69 Å². The Morgan fingerprint density at radius 1 is 1.10 bits per heavy atom. The predicted molar refractivity (Wildman–Crippen MR) is 152 cm³/mol. The van der Waals surface area contributed by atoms with E-state index in [1.807, 2.05) is 57.1 Å². The lowest BCUT2D eigenvalue weighted by molar-refractivity contribution is -0.152. The van der Waals surface area contributed by atoms with Crippen LogP contribution in [0, 0.1) is 5.92 Å². The van der Waals surface area contributed by atoms with Gasteiger partial charge in [-0.2, -0.15) is 5.21 Å². The fourth-order valence-electron chi connectivity index (χ4n) is 4.84. The molecule has 0 saturated heterocycles. The summed E-state index contributed by atoms with van der Waals surface area (Å²) in [6.45, 7) is 6.81. The van der Waals surface area contributed by atoms with E-state index in [1.54, 1.807) is 0 Å². The van der Waals surface area contributed by atoms with E-state index in [9.17, 15) is 4.79 Å². The minimum Gasteiger partial charge on any atom is -0.458 e. The average molecular weight is 550 g/mol. The van der Waals surface area contributed by atoms with Gasteiger partial charge in [0.1, 0.15) is 18.5 Å². The van der Waals surface area contributed by atoms with E-state index in [2.05, 4.69) is 61.4 Å². The molecule has 0 spiro atoms. The lowest BCUT2D eigenvalue weighted by atomic mass is 9.98. The Hall–Kier alpha value is -3.56. The van der Waals surface area contributed by atoms with Gasteiger partial charge in [-0.3, -0.25) is 9.69 Å². The maximum Gasteiger partial charge on any atom is 0.323 e. The second kappa shape index (κ2) is 13.0. The second-order valence-corrected chi connectivity index (χ2v) is 10.6. The molecule has 0 saturated carbocycles. The van der Waals surface area contributed by atoms with Crippen molar-refractivity contribution in [2.24, 2.45) is 5.92 Å². The molecule has 0 bridgehead atoms. The van der Waals surface area contributed by atoms with Gasteiger partial charge < -0.3 is 9.30 Å². The number of esters is 1. The van der Waals surface area contributed by atoms with Crippen LogP contribution in [0.3, 0.4) is 0 Å². The Labute approximate surface area is 234 Å². The second-order valence-electron chi connectivity index (χ2n) is 10.2. The van der Waals surface area contributed by atoms with Gasteiger partial charge in [0.15, 0.2) is 5.15 Å². The highest BCUT2D eigenvalue weighted by Gasteiger charge is 2.27. The summed E-state index contributed by atoms with van der Waals surface area (Å²) in [4.78, 5) is 19.4. The number of aryl methyl sites for hydroxylation is 1. The molecular formula is C29H36ClN7O2. The van der Waals surface area contributed by atoms with E-state index in [1.165, 1.54) is 0 Å². The number of carbonyl (C=O) groups is 1. The normalized spacial score (nSPS) is 12.3. The van der Waals surface area contributed by atoms with Gasteiger partial charge in [-0.05, 0) is 48.3 Å². The maximum absolute atomic E-state index is 12.9. The first-order valence-electron chi connectivity index (χ1n) is 13.3. The van der Waals surface area contributed by atoms with Crippen LogP contribution >= 0.6 is 11.6 Å². The molecule has 4 aromatic rings. The topological polar surface area (TPSA) is 102 Å². The Balaban J connectivity index is 1.58. The molecule has 39 heavy (non-hydrogen) atoms. The van der Waals surface area contributed by atoms with Crippen LogP contribution in [-0.4, -0.2) is 61.2 Å². The summed E-state index contributed by atoms with van der Waals surface area (Å²) in [5.74, 6) is 1.30.